The third-order valence-corrected chi connectivity index (χ3v) is 5.74. The van der Waals surface area contributed by atoms with Gasteiger partial charge in [-0.05, 0) is 35.9 Å². The molecule has 0 aliphatic rings. The van der Waals surface area contributed by atoms with Crippen LogP contribution in [0, 0.1) is 0 Å². The summed E-state index contributed by atoms with van der Waals surface area (Å²) in [5.41, 5.74) is 5.32. The number of benzene rings is 2. The minimum atomic E-state index is -3.21. The van der Waals surface area contributed by atoms with Crippen LogP contribution in [0.2, 0.25) is 0 Å². The van der Waals surface area contributed by atoms with Gasteiger partial charge in [0.05, 0.1) is 31.0 Å². The second-order valence-electron chi connectivity index (χ2n) is 5.82. The zero-order chi connectivity index (χ0) is 20.1. The van der Waals surface area contributed by atoms with Crippen molar-refractivity contribution in [2.24, 2.45) is 5.10 Å². The Morgan fingerprint density at radius 2 is 1.79 bits per heavy atom. The predicted octanol–water partition coefficient (Wildman–Crippen LogP) is 3.68. The van der Waals surface area contributed by atoms with Gasteiger partial charge in [0, 0.05) is 17.2 Å². The van der Waals surface area contributed by atoms with Crippen LogP contribution in [0.3, 0.4) is 0 Å². The predicted molar refractivity (Wildman–Crippen MR) is 111 cm³/mol. The highest BCUT2D eigenvalue weighted by Crippen LogP contribution is 2.27. The number of nitrogens with zero attached hydrogens (tertiary/aromatic N) is 2. The van der Waals surface area contributed by atoms with E-state index in [4.69, 9.17) is 9.47 Å². The molecule has 0 aliphatic heterocycles. The molecule has 2 aromatic carbocycles. The maximum Gasteiger partial charge on any atom is 0.203 e. The number of hydrogen-bond acceptors (Lipinski definition) is 8. The van der Waals surface area contributed by atoms with Crippen LogP contribution in [-0.2, 0) is 9.84 Å². The molecule has 3 aromatic rings. The summed E-state index contributed by atoms with van der Waals surface area (Å²) >= 11 is 1.40. The van der Waals surface area contributed by atoms with Crippen molar-refractivity contribution in [3.8, 4) is 22.8 Å². The van der Waals surface area contributed by atoms with E-state index in [1.54, 1.807) is 44.7 Å². The summed E-state index contributed by atoms with van der Waals surface area (Å²) in [6.07, 6.45) is 2.84. The second-order valence-corrected chi connectivity index (χ2v) is 8.69. The zero-order valence-electron chi connectivity index (χ0n) is 15.5. The van der Waals surface area contributed by atoms with Crippen LogP contribution in [0.1, 0.15) is 5.56 Å². The molecule has 0 radical (unpaired) electrons. The summed E-state index contributed by atoms with van der Waals surface area (Å²) in [6.45, 7) is 0. The lowest BCUT2D eigenvalue weighted by Crippen LogP contribution is -1.96. The molecule has 0 amide bonds. The molecule has 0 saturated heterocycles. The Balaban J connectivity index is 1.69. The van der Waals surface area contributed by atoms with E-state index < -0.39 is 9.84 Å². The summed E-state index contributed by atoms with van der Waals surface area (Å²) in [4.78, 5) is 4.75. The number of ether oxygens (including phenoxy) is 2. The molecule has 1 heterocycles. The van der Waals surface area contributed by atoms with Crippen molar-refractivity contribution in [1.82, 2.24) is 4.98 Å². The minimum Gasteiger partial charge on any atom is -0.493 e. The van der Waals surface area contributed by atoms with E-state index in [1.165, 1.54) is 17.6 Å². The van der Waals surface area contributed by atoms with Gasteiger partial charge in [0.1, 0.15) is 0 Å². The highest BCUT2D eigenvalue weighted by atomic mass is 32.2. The van der Waals surface area contributed by atoms with Crippen molar-refractivity contribution in [2.75, 3.05) is 25.9 Å². The number of anilines is 1. The molecular weight excluding hydrogens is 398 g/mol. The fourth-order valence-corrected chi connectivity index (χ4v) is 3.72. The van der Waals surface area contributed by atoms with Gasteiger partial charge in [-0.1, -0.05) is 12.1 Å². The van der Waals surface area contributed by atoms with Crippen molar-refractivity contribution < 1.29 is 17.9 Å². The molecule has 0 bridgehead atoms. The van der Waals surface area contributed by atoms with E-state index in [2.05, 4.69) is 15.5 Å². The van der Waals surface area contributed by atoms with Gasteiger partial charge in [0.2, 0.25) is 5.13 Å². The largest absolute Gasteiger partial charge is 0.493 e. The highest BCUT2D eigenvalue weighted by molar-refractivity contribution is 7.90. The molecule has 28 heavy (non-hydrogen) atoms. The summed E-state index contributed by atoms with van der Waals surface area (Å²) in [7, 11) is -0.0454. The van der Waals surface area contributed by atoms with Crippen molar-refractivity contribution in [3.05, 3.63) is 53.4 Å². The van der Waals surface area contributed by atoms with Gasteiger partial charge in [0.15, 0.2) is 21.3 Å². The molecule has 146 valence electrons. The number of methoxy groups -OCH3 is 2. The molecule has 9 heteroatoms. The fourth-order valence-electron chi connectivity index (χ4n) is 2.43. The van der Waals surface area contributed by atoms with Gasteiger partial charge < -0.3 is 9.47 Å². The lowest BCUT2D eigenvalue weighted by atomic mass is 10.2. The Labute approximate surface area is 167 Å². The fraction of sp³-hybridized carbons (Fsp3) is 0.158. The van der Waals surface area contributed by atoms with Crippen molar-refractivity contribution in [1.29, 1.82) is 0 Å². The van der Waals surface area contributed by atoms with E-state index in [9.17, 15) is 8.42 Å². The first-order valence-corrected chi connectivity index (χ1v) is 10.9. The molecule has 7 nitrogen and oxygen atoms in total. The SMILES string of the molecule is COc1ccc(/C=N/Nc2nc(-c3ccc(S(C)(=O)=O)cc3)cs2)cc1OC. The van der Waals surface area contributed by atoms with Crippen LogP contribution >= 0.6 is 11.3 Å². The number of hydrazone groups is 1. The minimum absolute atomic E-state index is 0.282. The number of thiazole rings is 1. The van der Waals surface area contributed by atoms with Gasteiger partial charge in [0.25, 0.3) is 0 Å². The molecule has 1 N–H and O–H groups in total. The summed E-state index contributed by atoms with van der Waals surface area (Å²) in [5, 5.41) is 6.70. The number of nitrogens with one attached hydrogen (secondary N) is 1. The quantitative estimate of drug-likeness (QED) is 0.466. The average molecular weight is 418 g/mol. The third-order valence-electron chi connectivity index (χ3n) is 3.86. The van der Waals surface area contributed by atoms with Gasteiger partial charge in [-0.3, -0.25) is 5.43 Å². The molecule has 0 spiro atoms. The molecular formula is C19H19N3O4S2. The Hall–Kier alpha value is -2.91. The van der Waals surface area contributed by atoms with Crippen LogP contribution in [0.25, 0.3) is 11.3 Å². The van der Waals surface area contributed by atoms with Crippen molar-refractivity contribution in [3.63, 3.8) is 0 Å². The topological polar surface area (TPSA) is 89.9 Å². The van der Waals surface area contributed by atoms with E-state index in [1.807, 2.05) is 23.6 Å². The van der Waals surface area contributed by atoms with E-state index >= 15 is 0 Å². The number of hydrogen-bond donors (Lipinski definition) is 1. The Kier molecular flexibility index (Phi) is 5.96. The second kappa shape index (κ2) is 8.41. The summed E-state index contributed by atoms with van der Waals surface area (Å²) in [5.74, 6) is 1.28. The smallest absolute Gasteiger partial charge is 0.203 e. The van der Waals surface area contributed by atoms with Gasteiger partial charge in [-0.2, -0.15) is 5.10 Å². The maximum atomic E-state index is 11.5. The first kappa shape index (κ1) is 19.8. The first-order valence-electron chi connectivity index (χ1n) is 8.18. The van der Waals surface area contributed by atoms with Gasteiger partial charge >= 0.3 is 0 Å². The van der Waals surface area contributed by atoms with Crippen LogP contribution < -0.4 is 14.9 Å². The lowest BCUT2D eigenvalue weighted by molar-refractivity contribution is 0.355. The van der Waals surface area contributed by atoms with Crippen LogP contribution in [0.5, 0.6) is 11.5 Å². The van der Waals surface area contributed by atoms with Crippen molar-refractivity contribution >= 4 is 32.5 Å². The summed E-state index contributed by atoms with van der Waals surface area (Å²) in [6, 6.07) is 12.1. The molecule has 3 rings (SSSR count). The molecule has 0 aliphatic carbocycles. The lowest BCUT2D eigenvalue weighted by Gasteiger charge is -2.07. The maximum absolute atomic E-state index is 11.5. The molecule has 0 atom stereocenters. The standard InChI is InChI=1S/C19H19N3O4S2/c1-25-17-9-4-13(10-18(17)26-2)11-20-22-19-21-16(12-27-19)14-5-7-15(8-6-14)28(3,23)24/h4-12H,1-3H3,(H,21,22)/b20-11+. The average Bonchev–Trinajstić information content (AvgIpc) is 3.16. The van der Waals surface area contributed by atoms with Crippen molar-refractivity contribution in [2.45, 2.75) is 4.90 Å². The van der Waals surface area contributed by atoms with E-state index in [0.29, 0.717) is 16.6 Å². The van der Waals surface area contributed by atoms with Gasteiger partial charge in [-0.15, -0.1) is 11.3 Å². The number of sulfone groups is 1. The third kappa shape index (κ3) is 4.68. The van der Waals surface area contributed by atoms with Gasteiger partial charge in [-0.25, -0.2) is 13.4 Å². The normalized spacial score (nSPS) is 11.5. The van der Waals surface area contributed by atoms with Crippen LogP contribution in [0.15, 0.2) is 57.8 Å². The Morgan fingerprint density at radius 3 is 2.43 bits per heavy atom. The van der Waals surface area contributed by atoms with Crippen LogP contribution in [0.4, 0.5) is 5.13 Å². The monoisotopic (exact) mass is 417 g/mol. The van der Waals surface area contributed by atoms with E-state index in [-0.39, 0.29) is 4.90 Å². The van der Waals surface area contributed by atoms with Crippen LogP contribution in [-0.4, -0.2) is 40.1 Å². The summed E-state index contributed by atoms with van der Waals surface area (Å²) < 4.78 is 33.6. The van der Waals surface area contributed by atoms with E-state index in [0.717, 1.165) is 16.8 Å². The molecule has 0 saturated carbocycles. The first-order chi connectivity index (χ1) is 13.4. The highest BCUT2D eigenvalue weighted by Gasteiger charge is 2.09. The molecule has 0 unspecified atom stereocenters. The molecule has 1 aromatic heterocycles. The number of rotatable bonds is 7. The Bertz CT molecular complexity index is 1090. The number of aromatic nitrogens is 1. The zero-order valence-corrected chi connectivity index (χ0v) is 17.2. The Morgan fingerprint density at radius 1 is 1.07 bits per heavy atom. The molecule has 0 fully saturated rings.